The molecule has 19 heavy (non-hydrogen) atoms. The first-order valence-corrected chi connectivity index (χ1v) is 6.44. The fourth-order valence-corrected chi connectivity index (χ4v) is 1.60. The van der Waals surface area contributed by atoms with Gasteiger partial charge in [-0.05, 0) is 23.1 Å². The Morgan fingerprint density at radius 1 is 1.32 bits per heavy atom. The molecule has 1 atom stereocenters. The Hall–Kier alpha value is -1.42. The molecule has 0 saturated carbocycles. The average molecular weight is 266 g/mol. The summed E-state index contributed by atoms with van der Waals surface area (Å²) in [6.07, 6.45) is 0.321. The third kappa shape index (κ3) is 4.99. The Morgan fingerprint density at radius 2 is 1.84 bits per heavy atom. The predicted molar refractivity (Wildman–Crippen MR) is 74.9 cm³/mol. The molecule has 0 aliphatic rings. The number of rotatable bonds is 4. The fourth-order valence-electron chi connectivity index (χ4n) is 1.60. The highest BCUT2D eigenvalue weighted by atomic mass is 19.1. The Labute approximate surface area is 114 Å². The van der Waals surface area contributed by atoms with Gasteiger partial charge in [0.2, 0.25) is 5.91 Å². The summed E-state index contributed by atoms with van der Waals surface area (Å²) in [5.74, 6) is -0.265. The predicted octanol–water partition coefficient (Wildman–Crippen LogP) is 2.55. The van der Waals surface area contributed by atoms with Crippen molar-refractivity contribution in [2.75, 3.05) is 7.05 Å². The number of carbonyl (C=O) groups excluding carboxylic acids is 1. The number of nitrogens with two attached hydrogens (primary N) is 1. The summed E-state index contributed by atoms with van der Waals surface area (Å²) in [5, 5.41) is 0. The molecule has 0 heterocycles. The second kappa shape index (κ2) is 6.15. The molecule has 1 unspecified atom stereocenters. The monoisotopic (exact) mass is 266 g/mol. The first-order chi connectivity index (χ1) is 8.70. The van der Waals surface area contributed by atoms with Crippen molar-refractivity contribution in [2.45, 2.75) is 39.8 Å². The molecule has 0 radical (unpaired) electrons. The zero-order valence-electron chi connectivity index (χ0n) is 12.1. The molecule has 3 nitrogen and oxygen atoms in total. The smallest absolute Gasteiger partial charge is 0.224 e. The first kappa shape index (κ1) is 15.6. The van der Waals surface area contributed by atoms with Gasteiger partial charge in [0.1, 0.15) is 5.82 Å². The normalized spacial score (nSPS) is 13.2. The minimum absolute atomic E-state index is 0.00625. The van der Waals surface area contributed by atoms with E-state index in [0.717, 1.165) is 5.56 Å². The van der Waals surface area contributed by atoms with Gasteiger partial charge in [-0.2, -0.15) is 0 Å². The van der Waals surface area contributed by atoms with Crippen LogP contribution in [0, 0.1) is 11.2 Å². The van der Waals surface area contributed by atoms with Crippen molar-refractivity contribution in [3.63, 3.8) is 0 Å². The topological polar surface area (TPSA) is 46.3 Å². The van der Waals surface area contributed by atoms with E-state index in [1.807, 2.05) is 20.8 Å². The molecule has 4 heteroatoms. The van der Waals surface area contributed by atoms with Crippen LogP contribution in [0.3, 0.4) is 0 Å². The molecule has 106 valence electrons. The molecule has 1 aromatic carbocycles. The summed E-state index contributed by atoms with van der Waals surface area (Å²) in [7, 11) is 1.74. The van der Waals surface area contributed by atoms with Crippen molar-refractivity contribution >= 4 is 5.91 Å². The molecular formula is C15H23FN2O. The number of benzene rings is 1. The van der Waals surface area contributed by atoms with E-state index in [4.69, 9.17) is 5.73 Å². The van der Waals surface area contributed by atoms with Gasteiger partial charge in [-0.25, -0.2) is 4.39 Å². The number of amides is 1. The van der Waals surface area contributed by atoms with E-state index in [0.29, 0.717) is 13.0 Å². The van der Waals surface area contributed by atoms with E-state index in [9.17, 15) is 9.18 Å². The highest BCUT2D eigenvalue weighted by Crippen LogP contribution is 2.20. The van der Waals surface area contributed by atoms with Crippen LogP contribution >= 0.6 is 0 Å². The Morgan fingerprint density at radius 3 is 2.32 bits per heavy atom. The van der Waals surface area contributed by atoms with Crippen LogP contribution < -0.4 is 5.73 Å². The van der Waals surface area contributed by atoms with E-state index in [2.05, 4.69) is 0 Å². The molecule has 0 aliphatic carbocycles. The van der Waals surface area contributed by atoms with Crippen LogP contribution in [-0.2, 0) is 11.3 Å². The molecule has 1 rings (SSSR count). The summed E-state index contributed by atoms with van der Waals surface area (Å²) >= 11 is 0. The van der Waals surface area contributed by atoms with Gasteiger partial charge in [0.15, 0.2) is 0 Å². The van der Waals surface area contributed by atoms with Gasteiger partial charge in [0.25, 0.3) is 0 Å². The van der Waals surface area contributed by atoms with Crippen LogP contribution in [0.4, 0.5) is 4.39 Å². The van der Waals surface area contributed by atoms with Gasteiger partial charge < -0.3 is 10.6 Å². The molecule has 1 aromatic rings. The van der Waals surface area contributed by atoms with Gasteiger partial charge in [-0.15, -0.1) is 0 Å². The first-order valence-electron chi connectivity index (χ1n) is 6.44. The summed E-state index contributed by atoms with van der Waals surface area (Å²) in [6.45, 7) is 6.52. The Balaban J connectivity index is 2.56. The zero-order chi connectivity index (χ0) is 14.6. The zero-order valence-corrected chi connectivity index (χ0v) is 12.1. The van der Waals surface area contributed by atoms with Crippen molar-refractivity contribution in [1.29, 1.82) is 0 Å². The highest BCUT2D eigenvalue weighted by molar-refractivity contribution is 5.76. The maximum atomic E-state index is 12.8. The van der Waals surface area contributed by atoms with Crippen LogP contribution in [0.2, 0.25) is 0 Å². The minimum Gasteiger partial charge on any atom is -0.341 e. The lowest BCUT2D eigenvalue weighted by Gasteiger charge is -2.28. The van der Waals surface area contributed by atoms with Gasteiger partial charge in [0, 0.05) is 26.1 Å². The van der Waals surface area contributed by atoms with Crippen molar-refractivity contribution in [2.24, 2.45) is 11.1 Å². The largest absolute Gasteiger partial charge is 0.341 e. The lowest BCUT2D eigenvalue weighted by atomic mass is 9.85. The van der Waals surface area contributed by atoms with Gasteiger partial charge in [-0.3, -0.25) is 4.79 Å². The van der Waals surface area contributed by atoms with Crippen LogP contribution in [0.15, 0.2) is 24.3 Å². The van der Waals surface area contributed by atoms with Crippen molar-refractivity contribution < 1.29 is 9.18 Å². The number of hydrogen-bond donors (Lipinski definition) is 1. The molecule has 0 fully saturated rings. The standard InChI is InChI=1S/C15H23FN2O/c1-15(2,3)13(17)9-14(19)18(4)10-11-5-7-12(16)8-6-11/h5-8,13H,9-10,17H2,1-4H3. The third-order valence-electron chi connectivity index (χ3n) is 3.27. The lowest BCUT2D eigenvalue weighted by molar-refractivity contribution is -0.131. The summed E-state index contributed by atoms with van der Waals surface area (Å²) < 4.78 is 12.8. The van der Waals surface area contributed by atoms with Crippen LogP contribution in [0.5, 0.6) is 0 Å². The Kier molecular flexibility index (Phi) is 5.06. The van der Waals surface area contributed by atoms with Crippen molar-refractivity contribution in [3.05, 3.63) is 35.6 Å². The van der Waals surface area contributed by atoms with Gasteiger partial charge in [-0.1, -0.05) is 32.9 Å². The lowest BCUT2D eigenvalue weighted by Crippen LogP contribution is -2.40. The molecule has 0 aliphatic heterocycles. The summed E-state index contributed by atoms with van der Waals surface area (Å²) in [5.41, 5.74) is 6.82. The highest BCUT2D eigenvalue weighted by Gasteiger charge is 2.24. The molecule has 0 bridgehead atoms. The second-order valence-electron chi connectivity index (χ2n) is 6.05. The van der Waals surface area contributed by atoms with E-state index in [-0.39, 0.29) is 23.2 Å². The number of hydrogen-bond acceptors (Lipinski definition) is 2. The van der Waals surface area contributed by atoms with E-state index >= 15 is 0 Å². The van der Waals surface area contributed by atoms with Gasteiger partial charge >= 0.3 is 0 Å². The van der Waals surface area contributed by atoms with E-state index in [1.54, 1.807) is 24.1 Å². The van der Waals surface area contributed by atoms with Crippen molar-refractivity contribution in [1.82, 2.24) is 4.90 Å². The number of halogens is 1. The van der Waals surface area contributed by atoms with E-state index < -0.39 is 0 Å². The quantitative estimate of drug-likeness (QED) is 0.910. The molecule has 1 amide bonds. The molecule has 0 aromatic heterocycles. The summed E-state index contributed by atoms with van der Waals surface area (Å²) in [4.78, 5) is 13.7. The van der Waals surface area contributed by atoms with Crippen LogP contribution in [0.1, 0.15) is 32.8 Å². The SMILES string of the molecule is CN(Cc1ccc(F)cc1)C(=O)CC(N)C(C)(C)C. The fraction of sp³-hybridized carbons (Fsp3) is 0.533. The van der Waals surface area contributed by atoms with E-state index in [1.165, 1.54) is 12.1 Å². The van der Waals surface area contributed by atoms with Crippen LogP contribution in [0.25, 0.3) is 0 Å². The number of carbonyl (C=O) groups is 1. The van der Waals surface area contributed by atoms with Crippen molar-refractivity contribution in [3.8, 4) is 0 Å². The van der Waals surface area contributed by atoms with Crippen LogP contribution in [-0.4, -0.2) is 23.9 Å². The minimum atomic E-state index is -0.271. The molecular weight excluding hydrogens is 243 g/mol. The number of nitrogens with zero attached hydrogens (tertiary/aromatic N) is 1. The molecule has 2 N–H and O–H groups in total. The second-order valence-corrected chi connectivity index (χ2v) is 6.05. The molecule has 0 spiro atoms. The van der Waals surface area contributed by atoms with Gasteiger partial charge in [0.05, 0.1) is 0 Å². The maximum Gasteiger partial charge on any atom is 0.224 e. The summed E-state index contributed by atoms with van der Waals surface area (Å²) in [6, 6.07) is 5.99. The molecule has 0 saturated heterocycles. The average Bonchev–Trinajstić information content (AvgIpc) is 2.30. The Bertz CT molecular complexity index is 423. The third-order valence-corrected chi connectivity index (χ3v) is 3.27. The maximum absolute atomic E-state index is 12.8.